The molecule has 1 aliphatic heterocycles. The number of alkyl halides is 1. The first-order valence-corrected chi connectivity index (χ1v) is 6.23. The Morgan fingerprint density at radius 1 is 1.20 bits per heavy atom. The van der Waals surface area contributed by atoms with Gasteiger partial charge in [-0.3, -0.25) is 0 Å². The topological polar surface area (TPSA) is 3.24 Å². The summed E-state index contributed by atoms with van der Waals surface area (Å²) in [6, 6.07) is 0.590. The molecular formula is C13H28FN. The maximum Gasteiger partial charge on any atom is 0.113 e. The van der Waals surface area contributed by atoms with E-state index in [2.05, 4.69) is 25.7 Å². The fraction of sp³-hybridized carbons (Fsp3) is 1.00. The highest BCUT2D eigenvalue weighted by Gasteiger charge is 2.28. The van der Waals surface area contributed by atoms with Crippen molar-refractivity contribution in [3.05, 3.63) is 0 Å². The van der Waals surface area contributed by atoms with Gasteiger partial charge in [-0.05, 0) is 31.7 Å². The van der Waals surface area contributed by atoms with E-state index >= 15 is 0 Å². The van der Waals surface area contributed by atoms with E-state index in [1.807, 2.05) is 20.9 Å². The molecule has 2 atom stereocenters. The number of rotatable bonds is 1. The van der Waals surface area contributed by atoms with Gasteiger partial charge in [0.05, 0.1) is 0 Å². The summed E-state index contributed by atoms with van der Waals surface area (Å²) in [5.41, 5.74) is 0.363. The Morgan fingerprint density at radius 2 is 1.73 bits per heavy atom. The van der Waals surface area contributed by atoms with Crippen LogP contribution in [0, 0.1) is 5.41 Å². The molecule has 2 unspecified atom stereocenters. The van der Waals surface area contributed by atoms with E-state index in [1.54, 1.807) is 0 Å². The number of hydrogen-bond acceptors (Lipinski definition) is 1. The molecule has 0 saturated carbocycles. The van der Waals surface area contributed by atoms with Crippen molar-refractivity contribution in [1.29, 1.82) is 0 Å². The maximum absolute atomic E-state index is 13.0. The SMILES string of the molecule is CC.CN1CC(F)CCC1CC(C)(C)C. The van der Waals surface area contributed by atoms with Gasteiger partial charge < -0.3 is 4.90 Å². The summed E-state index contributed by atoms with van der Waals surface area (Å²) in [6.07, 6.45) is 2.36. The van der Waals surface area contributed by atoms with Crippen molar-refractivity contribution < 1.29 is 4.39 Å². The van der Waals surface area contributed by atoms with Gasteiger partial charge in [0.25, 0.3) is 0 Å². The second-order valence-electron chi connectivity index (χ2n) is 5.53. The molecule has 0 aromatic carbocycles. The second kappa shape index (κ2) is 6.47. The van der Waals surface area contributed by atoms with Crippen LogP contribution in [0.5, 0.6) is 0 Å². The van der Waals surface area contributed by atoms with Gasteiger partial charge in [-0.15, -0.1) is 0 Å². The lowest BCUT2D eigenvalue weighted by Crippen LogP contribution is -2.43. The Kier molecular flexibility index (Phi) is 6.42. The van der Waals surface area contributed by atoms with Crippen LogP contribution in [0.4, 0.5) is 4.39 Å². The molecule has 1 heterocycles. The average Bonchev–Trinajstić information content (AvgIpc) is 2.12. The summed E-state index contributed by atoms with van der Waals surface area (Å²) in [4.78, 5) is 2.18. The van der Waals surface area contributed by atoms with Crippen molar-refractivity contribution in [2.45, 2.75) is 66.1 Å². The minimum atomic E-state index is -0.596. The lowest BCUT2D eigenvalue weighted by molar-refractivity contribution is 0.0831. The van der Waals surface area contributed by atoms with E-state index in [4.69, 9.17) is 0 Å². The molecule has 1 fully saturated rings. The molecule has 0 aromatic rings. The van der Waals surface area contributed by atoms with Crippen LogP contribution in [0.2, 0.25) is 0 Å². The zero-order valence-corrected chi connectivity index (χ0v) is 11.3. The summed E-state index contributed by atoms with van der Waals surface area (Å²) >= 11 is 0. The zero-order chi connectivity index (χ0) is 12.1. The predicted octanol–water partition coefficient (Wildman–Crippen LogP) is 3.88. The van der Waals surface area contributed by atoms with Gasteiger partial charge in [0.2, 0.25) is 0 Å². The highest BCUT2D eigenvalue weighted by molar-refractivity contribution is 4.82. The first-order valence-electron chi connectivity index (χ1n) is 6.23. The van der Waals surface area contributed by atoms with Crippen molar-refractivity contribution >= 4 is 0 Å². The van der Waals surface area contributed by atoms with E-state index in [0.29, 0.717) is 18.0 Å². The molecule has 0 aromatic heterocycles. The van der Waals surface area contributed by atoms with Crippen molar-refractivity contribution in [2.75, 3.05) is 13.6 Å². The number of nitrogens with zero attached hydrogens (tertiary/aromatic N) is 1. The van der Waals surface area contributed by atoms with Crippen LogP contribution in [0.1, 0.15) is 53.9 Å². The van der Waals surface area contributed by atoms with Crippen LogP contribution in [-0.4, -0.2) is 30.7 Å². The molecule has 1 aliphatic rings. The molecule has 15 heavy (non-hydrogen) atoms. The van der Waals surface area contributed by atoms with E-state index in [9.17, 15) is 4.39 Å². The fourth-order valence-corrected chi connectivity index (χ4v) is 2.11. The zero-order valence-electron chi connectivity index (χ0n) is 11.3. The van der Waals surface area contributed by atoms with Gasteiger partial charge in [-0.2, -0.15) is 0 Å². The molecule has 0 amide bonds. The third kappa shape index (κ3) is 6.14. The average molecular weight is 217 g/mol. The number of piperidine rings is 1. The molecule has 0 spiro atoms. The first-order chi connectivity index (χ1) is 6.88. The number of hydrogen-bond donors (Lipinski definition) is 0. The minimum Gasteiger partial charge on any atom is -0.301 e. The van der Waals surface area contributed by atoms with Gasteiger partial charge in [-0.1, -0.05) is 34.6 Å². The molecule has 92 valence electrons. The van der Waals surface area contributed by atoms with Crippen LogP contribution >= 0.6 is 0 Å². The summed E-state index contributed by atoms with van der Waals surface area (Å²) in [5.74, 6) is 0. The summed E-state index contributed by atoms with van der Waals surface area (Å²) in [5, 5.41) is 0. The molecule has 1 saturated heterocycles. The monoisotopic (exact) mass is 217 g/mol. The Labute approximate surface area is 95.0 Å². The molecule has 0 aliphatic carbocycles. The normalized spacial score (nSPS) is 28.2. The quantitative estimate of drug-likeness (QED) is 0.644. The van der Waals surface area contributed by atoms with Crippen molar-refractivity contribution in [1.82, 2.24) is 4.90 Å². The van der Waals surface area contributed by atoms with Crippen molar-refractivity contribution in [3.63, 3.8) is 0 Å². The second-order valence-corrected chi connectivity index (χ2v) is 5.53. The Morgan fingerprint density at radius 3 is 2.13 bits per heavy atom. The Bertz CT molecular complexity index is 162. The number of halogens is 1. The van der Waals surface area contributed by atoms with Gasteiger partial charge >= 0.3 is 0 Å². The van der Waals surface area contributed by atoms with Crippen LogP contribution < -0.4 is 0 Å². The predicted molar refractivity (Wildman–Crippen MR) is 66.0 cm³/mol. The molecule has 2 heteroatoms. The van der Waals surface area contributed by atoms with E-state index in [0.717, 1.165) is 12.8 Å². The van der Waals surface area contributed by atoms with Crippen molar-refractivity contribution in [3.8, 4) is 0 Å². The van der Waals surface area contributed by atoms with E-state index in [1.165, 1.54) is 6.42 Å². The standard InChI is InChI=1S/C11H22FN.C2H6/c1-11(2,3)7-10-6-5-9(12)8-13(10)4;1-2/h9-10H,5-8H2,1-4H3;1-2H3. The van der Waals surface area contributed by atoms with Crippen LogP contribution in [0.3, 0.4) is 0 Å². The number of likely N-dealkylation sites (tertiary alicyclic amines) is 1. The van der Waals surface area contributed by atoms with Gasteiger partial charge in [0.1, 0.15) is 6.17 Å². The highest BCUT2D eigenvalue weighted by Crippen LogP contribution is 2.28. The smallest absolute Gasteiger partial charge is 0.113 e. The largest absolute Gasteiger partial charge is 0.301 e. The Hall–Kier alpha value is -0.110. The highest BCUT2D eigenvalue weighted by atomic mass is 19.1. The maximum atomic E-state index is 13.0. The summed E-state index contributed by atoms with van der Waals surface area (Å²) < 4.78 is 13.0. The van der Waals surface area contributed by atoms with Crippen LogP contribution in [0.15, 0.2) is 0 Å². The fourth-order valence-electron chi connectivity index (χ4n) is 2.11. The molecule has 0 radical (unpaired) electrons. The minimum absolute atomic E-state index is 0.363. The molecule has 1 nitrogen and oxygen atoms in total. The molecular weight excluding hydrogens is 189 g/mol. The molecule has 0 bridgehead atoms. The van der Waals surface area contributed by atoms with Gasteiger partial charge in [0.15, 0.2) is 0 Å². The first kappa shape index (κ1) is 14.9. The lowest BCUT2D eigenvalue weighted by atomic mass is 9.84. The van der Waals surface area contributed by atoms with Gasteiger partial charge in [0, 0.05) is 12.6 Å². The van der Waals surface area contributed by atoms with E-state index in [-0.39, 0.29) is 0 Å². The summed E-state index contributed by atoms with van der Waals surface area (Å²) in [6.45, 7) is 11.4. The third-order valence-electron chi connectivity index (χ3n) is 2.77. The Balaban J connectivity index is 0.000000921. The third-order valence-corrected chi connectivity index (χ3v) is 2.77. The molecule has 1 rings (SSSR count). The lowest BCUT2D eigenvalue weighted by Gasteiger charge is -2.37. The summed E-state index contributed by atoms with van der Waals surface area (Å²) in [7, 11) is 2.04. The van der Waals surface area contributed by atoms with E-state index < -0.39 is 6.17 Å². The van der Waals surface area contributed by atoms with Crippen LogP contribution in [-0.2, 0) is 0 Å². The van der Waals surface area contributed by atoms with Crippen LogP contribution in [0.25, 0.3) is 0 Å². The van der Waals surface area contributed by atoms with Gasteiger partial charge in [-0.25, -0.2) is 4.39 Å². The van der Waals surface area contributed by atoms with Crippen molar-refractivity contribution in [2.24, 2.45) is 5.41 Å². The molecule has 0 N–H and O–H groups in total.